The molecule has 1 aliphatic heterocycles. The van der Waals surface area contributed by atoms with E-state index < -0.39 is 24.0 Å². The zero-order valence-corrected chi connectivity index (χ0v) is 29.2. The van der Waals surface area contributed by atoms with Crippen LogP contribution in [0.2, 0.25) is 5.02 Å². The second kappa shape index (κ2) is 16.9. The highest BCUT2D eigenvalue weighted by Crippen LogP contribution is 2.24. The molecule has 49 heavy (non-hydrogen) atoms. The monoisotopic (exact) mass is 697 g/mol. The first kappa shape index (κ1) is 37.5. The number of likely N-dealkylation sites (N-methyl/N-ethyl adjacent to an activating group) is 1. The summed E-state index contributed by atoms with van der Waals surface area (Å²) in [6.07, 6.45) is 1.61. The molecule has 1 fully saturated rings. The summed E-state index contributed by atoms with van der Waals surface area (Å²) in [5.74, 6) is -0.842. The Morgan fingerprint density at radius 3 is 2.53 bits per heavy atom. The van der Waals surface area contributed by atoms with E-state index in [-0.39, 0.29) is 73.6 Å². The molecule has 13 heteroatoms. The molecule has 0 saturated carbocycles. The van der Waals surface area contributed by atoms with Crippen LogP contribution in [0.5, 0.6) is 0 Å². The third-order valence-electron chi connectivity index (χ3n) is 8.59. The van der Waals surface area contributed by atoms with Gasteiger partial charge < -0.3 is 24.5 Å². The Balaban J connectivity index is 1.39. The molecule has 2 aromatic carbocycles. The fourth-order valence-electron chi connectivity index (χ4n) is 5.79. The van der Waals surface area contributed by atoms with Gasteiger partial charge in [0.1, 0.15) is 18.2 Å². The van der Waals surface area contributed by atoms with Gasteiger partial charge in [-0.1, -0.05) is 68.8 Å². The van der Waals surface area contributed by atoms with Gasteiger partial charge in [0, 0.05) is 57.5 Å². The van der Waals surface area contributed by atoms with Crippen molar-refractivity contribution in [3.63, 3.8) is 0 Å². The number of piperazine rings is 1. The average Bonchev–Trinajstić information content (AvgIpc) is 3.07. The number of fused-ring (bicyclic) bond motifs is 1. The number of nitrogens with one attached hydrogen (secondary N) is 1. The standard InChI is InChI=1S/C36H45ClFN5O6/c1-36(2,3)19-33(47)43-17-16-42(21-28(43)22-44)32(46)15-13-27(41(4)31(45)14-12-24-10-7-11-29(38)34(24)37)23-49-35(48)40-30-18-25-8-5-6-9-26(25)20-39-30/h5-11,18,20,27-28,44H,12-17,19,21-23H2,1-4H3,(H,39,40,48)/t27-,28?/m0/s1. The molecule has 3 aromatic rings. The summed E-state index contributed by atoms with van der Waals surface area (Å²) < 4.78 is 19.5. The van der Waals surface area contributed by atoms with Gasteiger partial charge in [0.15, 0.2) is 0 Å². The van der Waals surface area contributed by atoms with E-state index >= 15 is 0 Å². The van der Waals surface area contributed by atoms with Crippen LogP contribution in [0, 0.1) is 11.2 Å². The summed E-state index contributed by atoms with van der Waals surface area (Å²) in [6.45, 7) is 6.26. The molecule has 4 rings (SSSR count). The lowest BCUT2D eigenvalue weighted by Crippen LogP contribution is -2.58. The van der Waals surface area contributed by atoms with Crippen molar-refractivity contribution in [2.24, 2.45) is 5.41 Å². The van der Waals surface area contributed by atoms with Crippen molar-refractivity contribution in [3.8, 4) is 0 Å². The van der Waals surface area contributed by atoms with Gasteiger partial charge in [-0.2, -0.15) is 0 Å². The van der Waals surface area contributed by atoms with Gasteiger partial charge in [-0.15, -0.1) is 0 Å². The van der Waals surface area contributed by atoms with Crippen LogP contribution in [0.3, 0.4) is 0 Å². The zero-order chi connectivity index (χ0) is 35.7. The van der Waals surface area contributed by atoms with Gasteiger partial charge in [-0.05, 0) is 41.3 Å². The molecule has 1 aliphatic rings. The first-order valence-electron chi connectivity index (χ1n) is 16.4. The minimum atomic E-state index is -0.770. The van der Waals surface area contributed by atoms with E-state index in [1.165, 1.54) is 17.0 Å². The molecule has 11 nitrogen and oxygen atoms in total. The van der Waals surface area contributed by atoms with E-state index in [0.717, 1.165) is 10.8 Å². The predicted molar refractivity (Wildman–Crippen MR) is 185 cm³/mol. The number of aliphatic hydroxyl groups is 1. The van der Waals surface area contributed by atoms with E-state index in [0.29, 0.717) is 30.9 Å². The summed E-state index contributed by atoms with van der Waals surface area (Å²) in [5.41, 5.74) is 0.282. The lowest BCUT2D eigenvalue weighted by molar-refractivity contribution is -0.145. The number of halogens is 2. The molecule has 2 heterocycles. The number of nitrogens with zero attached hydrogens (tertiary/aromatic N) is 4. The number of benzene rings is 2. The fourth-order valence-corrected chi connectivity index (χ4v) is 6.01. The highest BCUT2D eigenvalue weighted by atomic mass is 35.5. The molecule has 0 spiro atoms. The van der Waals surface area contributed by atoms with E-state index in [2.05, 4.69) is 10.3 Å². The Bertz CT molecular complexity index is 1650. The Labute approximate surface area is 291 Å². The fraction of sp³-hybridized carbons (Fsp3) is 0.472. The van der Waals surface area contributed by atoms with E-state index in [1.54, 1.807) is 35.2 Å². The van der Waals surface area contributed by atoms with Crippen LogP contribution in [-0.4, -0.2) is 101 Å². The maximum atomic E-state index is 13.9. The molecular weight excluding hydrogens is 653 g/mol. The van der Waals surface area contributed by atoms with Gasteiger partial charge >= 0.3 is 6.09 Å². The SMILES string of the molecule is CN(C(=O)CCc1cccc(F)c1Cl)[C@@H](CCC(=O)N1CCN(C(=O)CC(C)(C)C)C(CO)C1)COC(=O)Nc1cc2ccccc2cn1. The number of carbonyl (C=O) groups is 4. The predicted octanol–water partition coefficient (Wildman–Crippen LogP) is 5.28. The molecular formula is C36H45ClFN5O6. The number of rotatable bonds is 12. The van der Waals surface area contributed by atoms with Crippen molar-refractivity contribution < 1.29 is 33.4 Å². The maximum absolute atomic E-state index is 13.9. The normalized spacial score (nSPS) is 15.5. The number of aromatic nitrogens is 1. The number of aliphatic hydroxyl groups excluding tert-OH is 1. The molecule has 4 amide bonds. The minimum Gasteiger partial charge on any atom is -0.447 e. The van der Waals surface area contributed by atoms with Crippen LogP contribution >= 0.6 is 11.6 Å². The molecule has 0 radical (unpaired) electrons. The van der Waals surface area contributed by atoms with Crippen LogP contribution in [0.1, 0.15) is 52.0 Å². The molecule has 2 atom stereocenters. The Morgan fingerprint density at radius 2 is 1.82 bits per heavy atom. The van der Waals surface area contributed by atoms with Gasteiger partial charge in [0.25, 0.3) is 0 Å². The average molecular weight is 698 g/mol. The number of ether oxygens (including phenoxy) is 1. The Kier molecular flexibility index (Phi) is 12.9. The molecule has 264 valence electrons. The summed E-state index contributed by atoms with van der Waals surface area (Å²) in [4.78, 5) is 61.3. The number of anilines is 1. The molecule has 0 bridgehead atoms. The maximum Gasteiger partial charge on any atom is 0.412 e. The third-order valence-corrected chi connectivity index (χ3v) is 9.01. The first-order valence-corrected chi connectivity index (χ1v) is 16.8. The van der Waals surface area contributed by atoms with Crippen molar-refractivity contribution in [2.45, 2.75) is 65.0 Å². The van der Waals surface area contributed by atoms with Gasteiger partial charge in [-0.3, -0.25) is 19.7 Å². The van der Waals surface area contributed by atoms with E-state index in [9.17, 15) is 28.7 Å². The smallest absolute Gasteiger partial charge is 0.412 e. The van der Waals surface area contributed by atoms with Gasteiger partial charge in [-0.25, -0.2) is 14.2 Å². The van der Waals surface area contributed by atoms with Crippen LogP contribution in [0.4, 0.5) is 15.0 Å². The van der Waals surface area contributed by atoms with E-state index in [1.807, 2.05) is 45.0 Å². The molecule has 0 aliphatic carbocycles. The van der Waals surface area contributed by atoms with E-state index in [4.69, 9.17) is 16.3 Å². The second-order valence-electron chi connectivity index (χ2n) is 13.6. The summed E-state index contributed by atoms with van der Waals surface area (Å²) in [5, 5.41) is 14.4. The van der Waals surface area contributed by atoms with Crippen LogP contribution in [0.25, 0.3) is 10.8 Å². The number of hydrogen-bond acceptors (Lipinski definition) is 7. The number of pyridine rings is 1. The zero-order valence-electron chi connectivity index (χ0n) is 28.5. The molecule has 1 unspecified atom stereocenters. The van der Waals surface area contributed by atoms with Crippen LogP contribution in [-0.2, 0) is 25.5 Å². The van der Waals surface area contributed by atoms with Crippen LogP contribution in [0.15, 0.2) is 54.7 Å². The first-order chi connectivity index (χ1) is 23.3. The summed E-state index contributed by atoms with van der Waals surface area (Å²) in [7, 11) is 1.57. The topological polar surface area (TPSA) is 132 Å². The second-order valence-corrected chi connectivity index (χ2v) is 13.9. The molecule has 1 aromatic heterocycles. The molecule has 2 N–H and O–H groups in total. The highest BCUT2D eigenvalue weighted by molar-refractivity contribution is 6.31. The van der Waals surface area contributed by atoms with Crippen molar-refractivity contribution in [2.75, 3.05) is 45.2 Å². The number of hydrogen-bond donors (Lipinski definition) is 2. The Hall–Kier alpha value is -4.29. The largest absolute Gasteiger partial charge is 0.447 e. The minimum absolute atomic E-state index is 0.0139. The number of amides is 4. The number of carbonyl (C=O) groups excluding carboxylic acids is 4. The summed E-state index contributed by atoms with van der Waals surface area (Å²) in [6, 6.07) is 12.5. The lowest BCUT2D eigenvalue weighted by atomic mass is 9.91. The lowest BCUT2D eigenvalue weighted by Gasteiger charge is -2.41. The third kappa shape index (κ3) is 10.6. The van der Waals surface area contributed by atoms with Gasteiger partial charge in [0.05, 0.1) is 23.7 Å². The quantitative estimate of drug-likeness (QED) is 0.263. The van der Waals surface area contributed by atoms with Crippen LogP contribution < -0.4 is 5.32 Å². The van der Waals surface area contributed by atoms with Crippen molar-refractivity contribution >= 4 is 52.0 Å². The Morgan fingerprint density at radius 1 is 1.08 bits per heavy atom. The summed E-state index contributed by atoms with van der Waals surface area (Å²) >= 11 is 6.09. The van der Waals surface area contributed by atoms with Gasteiger partial charge in [0.2, 0.25) is 17.7 Å². The van der Waals surface area contributed by atoms with Crippen molar-refractivity contribution in [1.82, 2.24) is 19.7 Å². The van der Waals surface area contributed by atoms with Crippen molar-refractivity contribution in [3.05, 3.63) is 71.1 Å². The number of aryl methyl sites for hydroxylation is 1. The van der Waals surface area contributed by atoms with Crippen molar-refractivity contribution in [1.29, 1.82) is 0 Å². The highest BCUT2D eigenvalue weighted by Gasteiger charge is 2.34. The molecule has 1 saturated heterocycles.